The minimum absolute atomic E-state index is 0.0197. The summed E-state index contributed by atoms with van der Waals surface area (Å²) in [6.45, 7) is 2.46. The molecule has 20 heavy (non-hydrogen) atoms. The van der Waals surface area contributed by atoms with Gasteiger partial charge in [-0.3, -0.25) is 4.79 Å². The third-order valence-corrected chi connectivity index (χ3v) is 4.76. The van der Waals surface area contributed by atoms with Crippen LogP contribution in [0.1, 0.15) is 55.8 Å². The van der Waals surface area contributed by atoms with Gasteiger partial charge in [0.1, 0.15) is 5.60 Å². The number of ketones is 1. The Bertz CT molecular complexity index is 477. The van der Waals surface area contributed by atoms with Gasteiger partial charge in [-0.25, -0.2) is 0 Å². The smallest absolute Gasteiger partial charge is 0.196 e. The Morgan fingerprint density at radius 1 is 1.20 bits per heavy atom. The zero-order valence-corrected chi connectivity index (χ0v) is 13.3. The topological polar surface area (TPSA) is 26.3 Å². The van der Waals surface area contributed by atoms with Gasteiger partial charge in [0.15, 0.2) is 5.78 Å². The molecule has 0 atom stereocenters. The molecular weight excluding hydrogens is 295 g/mol. The van der Waals surface area contributed by atoms with Gasteiger partial charge in [-0.2, -0.15) is 0 Å². The lowest BCUT2D eigenvalue weighted by Gasteiger charge is -2.31. The Kier molecular flexibility index (Phi) is 5.48. The molecule has 1 aromatic rings. The normalized spacial score (nSPS) is 18.6. The number of halogens is 2. The lowest BCUT2D eigenvalue weighted by Crippen LogP contribution is -2.41. The summed E-state index contributed by atoms with van der Waals surface area (Å²) in [5, 5.41) is 0.750. The first kappa shape index (κ1) is 15.8. The number of carbonyl (C=O) groups is 1. The highest BCUT2D eigenvalue weighted by atomic mass is 35.5. The first-order chi connectivity index (χ1) is 9.60. The summed E-state index contributed by atoms with van der Waals surface area (Å²) in [5.41, 5.74) is -0.242. The predicted molar refractivity (Wildman–Crippen MR) is 82.9 cm³/mol. The highest BCUT2D eigenvalue weighted by Crippen LogP contribution is 2.36. The fourth-order valence-electron chi connectivity index (χ4n) is 2.94. The first-order valence-electron chi connectivity index (χ1n) is 7.23. The molecular formula is C16H20Cl2O2. The van der Waals surface area contributed by atoms with Gasteiger partial charge >= 0.3 is 0 Å². The molecule has 0 aliphatic heterocycles. The Morgan fingerprint density at radius 2 is 1.85 bits per heavy atom. The average molecular weight is 315 g/mol. The van der Waals surface area contributed by atoms with Crippen molar-refractivity contribution in [3.05, 3.63) is 33.8 Å². The van der Waals surface area contributed by atoms with Gasteiger partial charge in [0.25, 0.3) is 0 Å². The number of hydrogen-bond acceptors (Lipinski definition) is 2. The van der Waals surface area contributed by atoms with E-state index in [-0.39, 0.29) is 5.78 Å². The Hall–Kier alpha value is -0.570. The van der Waals surface area contributed by atoms with Gasteiger partial charge < -0.3 is 4.74 Å². The maximum absolute atomic E-state index is 13.0. The maximum atomic E-state index is 13.0. The fourth-order valence-corrected chi connectivity index (χ4v) is 3.32. The van der Waals surface area contributed by atoms with E-state index in [0.29, 0.717) is 22.2 Å². The van der Waals surface area contributed by atoms with E-state index in [0.717, 1.165) is 38.5 Å². The SMILES string of the molecule is CCOC1(C(=O)c2cccc(Cl)c2Cl)CCCCCC1. The molecule has 0 unspecified atom stereocenters. The minimum atomic E-state index is -0.723. The quantitative estimate of drug-likeness (QED) is 0.556. The number of benzene rings is 1. The third-order valence-electron chi connectivity index (χ3n) is 3.94. The van der Waals surface area contributed by atoms with E-state index in [1.807, 2.05) is 6.92 Å². The van der Waals surface area contributed by atoms with Crippen LogP contribution in [0.15, 0.2) is 18.2 Å². The molecule has 0 aromatic heterocycles. The van der Waals surface area contributed by atoms with Crippen LogP contribution in [0, 0.1) is 0 Å². The van der Waals surface area contributed by atoms with Crippen LogP contribution in [0.2, 0.25) is 10.0 Å². The number of rotatable bonds is 4. The first-order valence-corrected chi connectivity index (χ1v) is 7.99. The van der Waals surface area contributed by atoms with Crippen molar-refractivity contribution in [2.45, 2.75) is 51.0 Å². The summed E-state index contributed by atoms with van der Waals surface area (Å²) in [6.07, 6.45) is 5.88. The van der Waals surface area contributed by atoms with Crippen molar-refractivity contribution >= 4 is 29.0 Å². The third kappa shape index (κ3) is 3.19. The minimum Gasteiger partial charge on any atom is -0.367 e. The molecule has 0 spiro atoms. The van der Waals surface area contributed by atoms with Crippen LogP contribution in [0.25, 0.3) is 0 Å². The average Bonchev–Trinajstić information content (AvgIpc) is 2.68. The number of Topliss-reactive ketones (excluding diaryl/α,β-unsaturated/α-hetero) is 1. The van der Waals surface area contributed by atoms with E-state index >= 15 is 0 Å². The Balaban J connectivity index is 2.37. The van der Waals surface area contributed by atoms with Gasteiger partial charge in [0.2, 0.25) is 0 Å². The summed E-state index contributed by atoms with van der Waals surface area (Å²) in [4.78, 5) is 13.0. The van der Waals surface area contributed by atoms with Crippen molar-refractivity contribution < 1.29 is 9.53 Å². The van der Waals surface area contributed by atoms with Crippen molar-refractivity contribution in [3.63, 3.8) is 0 Å². The van der Waals surface area contributed by atoms with Crippen LogP contribution in [-0.4, -0.2) is 18.0 Å². The molecule has 1 saturated carbocycles. The van der Waals surface area contributed by atoms with Crippen molar-refractivity contribution in [1.29, 1.82) is 0 Å². The highest BCUT2D eigenvalue weighted by molar-refractivity contribution is 6.44. The van der Waals surface area contributed by atoms with E-state index in [2.05, 4.69) is 0 Å². The largest absolute Gasteiger partial charge is 0.367 e. The second-order valence-electron chi connectivity index (χ2n) is 5.27. The zero-order valence-electron chi connectivity index (χ0n) is 11.8. The second-order valence-corrected chi connectivity index (χ2v) is 6.06. The van der Waals surface area contributed by atoms with Crippen molar-refractivity contribution in [2.24, 2.45) is 0 Å². The van der Waals surface area contributed by atoms with E-state index < -0.39 is 5.60 Å². The predicted octanol–water partition coefficient (Wildman–Crippen LogP) is 5.31. The zero-order chi connectivity index (χ0) is 14.6. The molecule has 1 fully saturated rings. The summed E-state index contributed by atoms with van der Waals surface area (Å²) in [6, 6.07) is 5.20. The summed E-state index contributed by atoms with van der Waals surface area (Å²) in [5.74, 6) is -0.0197. The van der Waals surface area contributed by atoms with Gasteiger partial charge in [0.05, 0.1) is 10.0 Å². The van der Waals surface area contributed by atoms with Crippen molar-refractivity contribution in [2.75, 3.05) is 6.61 Å². The molecule has 0 amide bonds. The van der Waals surface area contributed by atoms with Crippen LogP contribution >= 0.6 is 23.2 Å². The van der Waals surface area contributed by atoms with Crippen LogP contribution in [0.5, 0.6) is 0 Å². The Morgan fingerprint density at radius 3 is 2.45 bits per heavy atom. The number of ether oxygens (including phenoxy) is 1. The Labute approximate surface area is 130 Å². The summed E-state index contributed by atoms with van der Waals surface area (Å²) in [7, 11) is 0. The molecule has 0 radical (unpaired) electrons. The molecule has 2 nitrogen and oxygen atoms in total. The lowest BCUT2D eigenvalue weighted by molar-refractivity contribution is -0.0292. The highest BCUT2D eigenvalue weighted by Gasteiger charge is 2.40. The summed E-state index contributed by atoms with van der Waals surface area (Å²) >= 11 is 12.2. The van der Waals surface area contributed by atoms with E-state index in [1.54, 1.807) is 18.2 Å². The molecule has 4 heteroatoms. The van der Waals surface area contributed by atoms with Crippen LogP contribution in [0.4, 0.5) is 0 Å². The van der Waals surface area contributed by atoms with Gasteiger partial charge in [-0.15, -0.1) is 0 Å². The molecule has 1 aromatic carbocycles. The van der Waals surface area contributed by atoms with Crippen LogP contribution in [-0.2, 0) is 4.74 Å². The molecule has 1 aliphatic rings. The van der Waals surface area contributed by atoms with E-state index in [1.165, 1.54) is 0 Å². The van der Waals surface area contributed by atoms with Crippen LogP contribution < -0.4 is 0 Å². The van der Waals surface area contributed by atoms with Crippen LogP contribution in [0.3, 0.4) is 0 Å². The lowest BCUT2D eigenvalue weighted by atomic mass is 9.85. The molecule has 1 aliphatic carbocycles. The molecule has 0 saturated heterocycles. The molecule has 0 bridgehead atoms. The number of hydrogen-bond donors (Lipinski definition) is 0. The van der Waals surface area contributed by atoms with Gasteiger partial charge in [-0.05, 0) is 31.9 Å². The fraction of sp³-hybridized carbons (Fsp3) is 0.562. The number of carbonyl (C=O) groups excluding carboxylic acids is 1. The molecule has 0 heterocycles. The van der Waals surface area contributed by atoms with Gasteiger partial charge in [-0.1, -0.05) is 55.0 Å². The monoisotopic (exact) mass is 314 g/mol. The van der Waals surface area contributed by atoms with Crippen molar-refractivity contribution in [1.82, 2.24) is 0 Å². The molecule has 2 rings (SSSR count). The standard InChI is InChI=1S/C16H20Cl2O2/c1-2-20-16(10-5-3-4-6-11-16)15(19)12-8-7-9-13(17)14(12)18/h7-9H,2-6,10-11H2,1H3. The van der Waals surface area contributed by atoms with E-state index in [4.69, 9.17) is 27.9 Å². The maximum Gasteiger partial charge on any atom is 0.196 e. The summed E-state index contributed by atoms with van der Waals surface area (Å²) < 4.78 is 5.91. The second kappa shape index (κ2) is 6.93. The van der Waals surface area contributed by atoms with E-state index in [9.17, 15) is 4.79 Å². The molecule has 110 valence electrons. The van der Waals surface area contributed by atoms with Crippen molar-refractivity contribution in [3.8, 4) is 0 Å². The molecule has 0 N–H and O–H groups in total. The van der Waals surface area contributed by atoms with Gasteiger partial charge in [0, 0.05) is 12.2 Å².